The minimum Gasteiger partial charge on any atom is -0.198 e. The van der Waals surface area contributed by atoms with E-state index < -0.39 is 0 Å². The molecule has 0 atom stereocenters. The van der Waals surface area contributed by atoms with Gasteiger partial charge in [-0.15, -0.1) is 9.60 Å². The predicted molar refractivity (Wildman–Crippen MR) is 31.0 cm³/mol. The maximum absolute atomic E-state index is 12.2. The summed E-state index contributed by atoms with van der Waals surface area (Å²) in [5.41, 5.74) is 0. The Morgan fingerprint density at radius 2 is 2.00 bits per heavy atom. The van der Waals surface area contributed by atoms with Crippen molar-refractivity contribution in [3.05, 3.63) is 0 Å². The monoisotopic (exact) mass is 128 g/mol. The van der Waals surface area contributed by atoms with Gasteiger partial charge in [0.15, 0.2) is 0 Å². The van der Waals surface area contributed by atoms with Gasteiger partial charge in [-0.2, -0.15) is 5.26 Å². The Labute approximate surface area is 53.8 Å². The van der Waals surface area contributed by atoms with Crippen molar-refractivity contribution >= 4 is 0 Å². The summed E-state index contributed by atoms with van der Waals surface area (Å²) in [4.78, 5) is 0. The van der Waals surface area contributed by atoms with E-state index in [1.165, 1.54) is 0 Å². The molecule has 0 spiro atoms. The van der Waals surface area contributed by atoms with Crippen molar-refractivity contribution in [2.45, 2.75) is 12.8 Å². The topological polar surface area (TPSA) is 27.0 Å². The van der Waals surface area contributed by atoms with Gasteiger partial charge in [-0.05, 0) is 12.8 Å². The number of rotatable bonds is 0. The molecule has 0 aliphatic carbocycles. The molecule has 1 saturated heterocycles. The summed E-state index contributed by atoms with van der Waals surface area (Å²) in [6.45, 7) is 0.858. The van der Waals surface area contributed by atoms with Crippen molar-refractivity contribution in [2.75, 3.05) is 13.1 Å². The summed E-state index contributed by atoms with van der Waals surface area (Å²) in [5.74, 6) is 0.0944. The molecule has 0 N–H and O–H groups in total. The second-order valence-electron chi connectivity index (χ2n) is 2.31. The number of halogens is 1. The van der Waals surface area contributed by atoms with Crippen molar-refractivity contribution in [3.8, 4) is 6.07 Å². The molecule has 2 nitrogen and oxygen atoms in total. The van der Waals surface area contributed by atoms with Crippen LogP contribution < -0.4 is 0 Å². The fourth-order valence-corrected chi connectivity index (χ4v) is 0.977. The van der Waals surface area contributed by atoms with Crippen molar-refractivity contribution < 1.29 is 4.48 Å². The lowest BCUT2D eigenvalue weighted by molar-refractivity contribution is -0.00195. The minimum atomic E-state index is 0.0944. The van der Waals surface area contributed by atoms with Gasteiger partial charge in [0.05, 0.1) is 6.07 Å². The van der Waals surface area contributed by atoms with E-state index in [1.54, 1.807) is 0 Å². The van der Waals surface area contributed by atoms with Gasteiger partial charge in [-0.1, -0.05) is 0 Å². The summed E-state index contributed by atoms with van der Waals surface area (Å²) in [7, 11) is 0. The van der Waals surface area contributed by atoms with E-state index in [-0.39, 0.29) is 5.92 Å². The van der Waals surface area contributed by atoms with Crippen molar-refractivity contribution in [1.29, 1.82) is 5.26 Å². The van der Waals surface area contributed by atoms with Gasteiger partial charge >= 0.3 is 0 Å². The molecule has 50 valence electrons. The average molecular weight is 128 g/mol. The van der Waals surface area contributed by atoms with Crippen LogP contribution in [0.1, 0.15) is 12.8 Å². The maximum atomic E-state index is 12.2. The first-order chi connectivity index (χ1) is 4.33. The molecule has 1 aliphatic rings. The number of nitrogens with zero attached hydrogens (tertiary/aromatic N) is 2. The highest BCUT2D eigenvalue weighted by molar-refractivity contribution is 4.85. The van der Waals surface area contributed by atoms with Crippen LogP contribution in [-0.4, -0.2) is 18.2 Å². The van der Waals surface area contributed by atoms with Gasteiger partial charge in [0.2, 0.25) is 0 Å². The summed E-state index contributed by atoms with van der Waals surface area (Å²) in [6.07, 6.45) is 1.38. The van der Waals surface area contributed by atoms with Crippen LogP contribution in [0.25, 0.3) is 0 Å². The third-order valence-corrected chi connectivity index (χ3v) is 1.62. The van der Waals surface area contributed by atoms with Gasteiger partial charge in [-0.25, -0.2) is 0 Å². The van der Waals surface area contributed by atoms with E-state index in [0.29, 0.717) is 25.9 Å². The Kier molecular flexibility index (Phi) is 2.01. The Morgan fingerprint density at radius 3 is 2.44 bits per heavy atom. The molecule has 1 heterocycles. The van der Waals surface area contributed by atoms with E-state index in [4.69, 9.17) is 5.26 Å². The van der Waals surface area contributed by atoms with Crippen molar-refractivity contribution in [1.82, 2.24) is 5.12 Å². The van der Waals surface area contributed by atoms with Gasteiger partial charge < -0.3 is 0 Å². The molecule has 1 rings (SSSR count). The van der Waals surface area contributed by atoms with Crippen LogP contribution >= 0.6 is 0 Å². The third kappa shape index (κ3) is 1.65. The molecule has 0 aromatic carbocycles. The molecule has 0 unspecified atom stereocenters. The maximum Gasteiger partial charge on any atom is 0.0656 e. The summed E-state index contributed by atoms with van der Waals surface area (Å²) in [5, 5.41) is 9.16. The lowest BCUT2D eigenvalue weighted by atomic mass is 10.0. The lowest BCUT2D eigenvalue weighted by Crippen LogP contribution is -2.26. The molecular formula is C6H9FN2. The van der Waals surface area contributed by atoms with Crippen LogP contribution in [0.5, 0.6) is 0 Å². The zero-order chi connectivity index (χ0) is 6.69. The first-order valence-electron chi connectivity index (χ1n) is 3.13. The average Bonchev–Trinajstić information content (AvgIpc) is 1.90. The quantitative estimate of drug-likeness (QED) is 0.457. The molecule has 0 amide bonds. The first kappa shape index (κ1) is 6.50. The Balaban J connectivity index is 2.28. The highest BCUT2D eigenvalue weighted by Gasteiger charge is 2.17. The van der Waals surface area contributed by atoms with E-state index in [9.17, 15) is 4.48 Å². The number of hydrogen-bond donors (Lipinski definition) is 0. The second kappa shape index (κ2) is 2.79. The van der Waals surface area contributed by atoms with Crippen molar-refractivity contribution in [3.63, 3.8) is 0 Å². The third-order valence-electron chi connectivity index (χ3n) is 1.62. The predicted octanol–water partition coefficient (Wildman–Crippen LogP) is 1.11. The van der Waals surface area contributed by atoms with E-state index in [1.807, 2.05) is 0 Å². The standard InChI is InChI=1S/C6H9FN2/c7-9-3-1-6(5-8)2-4-9/h6H,1-4H2. The molecule has 0 bridgehead atoms. The van der Waals surface area contributed by atoms with E-state index in [0.717, 1.165) is 5.12 Å². The Bertz CT molecular complexity index is 122. The zero-order valence-electron chi connectivity index (χ0n) is 5.18. The van der Waals surface area contributed by atoms with Gasteiger partial charge in [0, 0.05) is 19.0 Å². The van der Waals surface area contributed by atoms with Crippen LogP contribution in [0.3, 0.4) is 0 Å². The largest absolute Gasteiger partial charge is 0.198 e. The van der Waals surface area contributed by atoms with E-state index >= 15 is 0 Å². The van der Waals surface area contributed by atoms with Crippen LogP contribution in [0.4, 0.5) is 4.48 Å². The SMILES string of the molecule is N#CC1CCN(F)CC1. The van der Waals surface area contributed by atoms with Gasteiger partial charge in [0.1, 0.15) is 0 Å². The Hall–Kier alpha value is -0.620. The number of hydrogen-bond acceptors (Lipinski definition) is 2. The van der Waals surface area contributed by atoms with E-state index in [2.05, 4.69) is 6.07 Å². The van der Waals surface area contributed by atoms with Crippen LogP contribution in [-0.2, 0) is 0 Å². The van der Waals surface area contributed by atoms with Gasteiger partial charge in [-0.3, -0.25) is 0 Å². The lowest BCUT2D eigenvalue weighted by Gasteiger charge is -2.20. The fourth-order valence-electron chi connectivity index (χ4n) is 0.977. The first-order valence-corrected chi connectivity index (χ1v) is 3.13. The molecule has 3 heteroatoms. The zero-order valence-corrected chi connectivity index (χ0v) is 5.18. The normalized spacial score (nSPS) is 23.6. The number of nitriles is 1. The van der Waals surface area contributed by atoms with Crippen LogP contribution in [0.2, 0.25) is 0 Å². The smallest absolute Gasteiger partial charge is 0.0656 e. The molecule has 1 aliphatic heterocycles. The highest BCUT2D eigenvalue weighted by Crippen LogP contribution is 2.15. The van der Waals surface area contributed by atoms with Crippen LogP contribution in [0.15, 0.2) is 0 Å². The van der Waals surface area contributed by atoms with Crippen molar-refractivity contribution in [2.24, 2.45) is 5.92 Å². The highest BCUT2D eigenvalue weighted by atomic mass is 19.2. The molecule has 9 heavy (non-hydrogen) atoms. The molecule has 0 aromatic rings. The summed E-state index contributed by atoms with van der Waals surface area (Å²) < 4.78 is 12.2. The van der Waals surface area contributed by atoms with Gasteiger partial charge in [0.25, 0.3) is 0 Å². The summed E-state index contributed by atoms with van der Waals surface area (Å²) in [6, 6.07) is 2.13. The fraction of sp³-hybridized carbons (Fsp3) is 0.833. The molecule has 0 saturated carbocycles. The molecule has 0 radical (unpaired) electrons. The summed E-state index contributed by atoms with van der Waals surface area (Å²) >= 11 is 0. The molecule has 0 aromatic heterocycles. The number of piperidine rings is 1. The second-order valence-corrected chi connectivity index (χ2v) is 2.31. The molecule has 1 fully saturated rings. The van der Waals surface area contributed by atoms with Crippen LogP contribution in [0, 0.1) is 17.2 Å². The minimum absolute atomic E-state index is 0.0944. The molecular weight excluding hydrogens is 119 g/mol. The Morgan fingerprint density at radius 1 is 1.44 bits per heavy atom.